The smallest absolute Gasteiger partial charge is 0.330 e. The maximum atomic E-state index is 11.6. The molecular weight excluding hydrogens is 226 g/mol. The van der Waals surface area contributed by atoms with Crippen LogP contribution in [0.15, 0.2) is 18.2 Å². The Hall–Kier alpha value is -2.24. The number of hydrogen-bond donors (Lipinski definition) is 0. The van der Waals surface area contributed by atoms with E-state index in [1.54, 1.807) is 18.2 Å². The number of fused-ring (bicyclic) bond motifs is 1. The predicted molar refractivity (Wildman–Crippen MR) is 57.7 cm³/mol. The van der Waals surface area contributed by atoms with Gasteiger partial charge in [-0.25, -0.2) is 4.79 Å². The third-order valence-electron chi connectivity index (χ3n) is 2.18. The van der Waals surface area contributed by atoms with E-state index < -0.39 is 11.9 Å². The maximum Gasteiger partial charge on any atom is 0.330 e. The average molecular weight is 237 g/mol. The Labute approximate surface area is 97.6 Å². The van der Waals surface area contributed by atoms with Crippen LogP contribution in [0.5, 0.6) is 11.5 Å². The molecule has 0 spiro atoms. The maximum absolute atomic E-state index is 11.6. The van der Waals surface area contributed by atoms with E-state index in [2.05, 4.69) is 0 Å². The SMILES string of the molecule is COc1ccc2c(c1)N(OC(C)=O)C(=O)CO2. The highest BCUT2D eigenvalue weighted by molar-refractivity contribution is 5.97. The highest BCUT2D eigenvalue weighted by atomic mass is 16.7. The van der Waals surface area contributed by atoms with Crippen LogP contribution in [0.3, 0.4) is 0 Å². The highest BCUT2D eigenvalue weighted by Crippen LogP contribution is 2.35. The first-order valence-corrected chi connectivity index (χ1v) is 4.94. The quantitative estimate of drug-likeness (QED) is 0.764. The molecule has 0 unspecified atom stereocenters. The van der Waals surface area contributed by atoms with Crippen molar-refractivity contribution >= 4 is 17.6 Å². The van der Waals surface area contributed by atoms with Crippen LogP contribution in [0, 0.1) is 0 Å². The molecule has 1 aliphatic rings. The van der Waals surface area contributed by atoms with Gasteiger partial charge in [0.2, 0.25) is 0 Å². The molecule has 6 heteroatoms. The number of anilines is 1. The molecule has 1 aromatic rings. The number of amides is 1. The largest absolute Gasteiger partial charge is 0.497 e. The van der Waals surface area contributed by atoms with Gasteiger partial charge in [0, 0.05) is 13.0 Å². The lowest BCUT2D eigenvalue weighted by Crippen LogP contribution is -2.39. The lowest BCUT2D eigenvalue weighted by molar-refractivity contribution is -0.149. The third-order valence-corrected chi connectivity index (χ3v) is 2.18. The Bertz CT molecular complexity index is 471. The van der Waals surface area contributed by atoms with Crippen LogP contribution in [0.25, 0.3) is 0 Å². The van der Waals surface area contributed by atoms with Gasteiger partial charge in [0.15, 0.2) is 6.61 Å². The normalized spacial score (nSPS) is 13.8. The second kappa shape index (κ2) is 4.32. The third kappa shape index (κ3) is 2.15. The molecule has 0 saturated carbocycles. The fourth-order valence-electron chi connectivity index (χ4n) is 1.47. The number of nitrogens with zero attached hydrogens (tertiary/aromatic N) is 1. The van der Waals surface area contributed by atoms with E-state index in [0.717, 1.165) is 5.06 Å². The van der Waals surface area contributed by atoms with Crippen molar-refractivity contribution < 1.29 is 23.9 Å². The summed E-state index contributed by atoms with van der Waals surface area (Å²) < 4.78 is 10.2. The molecule has 1 aliphatic heterocycles. The zero-order valence-electron chi connectivity index (χ0n) is 9.43. The van der Waals surface area contributed by atoms with Crippen molar-refractivity contribution in [3.8, 4) is 11.5 Å². The molecule has 6 nitrogen and oxygen atoms in total. The van der Waals surface area contributed by atoms with E-state index >= 15 is 0 Å². The van der Waals surface area contributed by atoms with Crippen molar-refractivity contribution in [2.24, 2.45) is 0 Å². The summed E-state index contributed by atoms with van der Waals surface area (Å²) >= 11 is 0. The van der Waals surface area contributed by atoms with Gasteiger partial charge in [-0.2, -0.15) is 0 Å². The predicted octanol–water partition coefficient (Wildman–Crippen LogP) is 0.899. The van der Waals surface area contributed by atoms with Crippen molar-refractivity contribution in [3.63, 3.8) is 0 Å². The lowest BCUT2D eigenvalue weighted by atomic mass is 10.2. The summed E-state index contributed by atoms with van der Waals surface area (Å²) in [6.07, 6.45) is 0. The molecule has 0 aromatic heterocycles. The van der Waals surface area contributed by atoms with Crippen LogP contribution in [-0.4, -0.2) is 25.6 Å². The summed E-state index contributed by atoms with van der Waals surface area (Å²) in [6.45, 7) is 1.06. The van der Waals surface area contributed by atoms with E-state index in [4.69, 9.17) is 14.3 Å². The van der Waals surface area contributed by atoms with Crippen molar-refractivity contribution in [1.82, 2.24) is 0 Å². The lowest BCUT2D eigenvalue weighted by Gasteiger charge is -2.27. The Morgan fingerprint density at radius 2 is 2.24 bits per heavy atom. The number of hydrogen-bond acceptors (Lipinski definition) is 5. The standard InChI is InChI=1S/C11H11NO5/c1-7(13)17-12-9-5-8(15-2)3-4-10(9)16-6-11(12)14/h3-5H,6H2,1-2H3. The molecule has 17 heavy (non-hydrogen) atoms. The number of hydroxylamine groups is 1. The van der Waals surface area contributed by atoms with E-state index in [1.165, 1.54) is 14.0 Å². The van der Waals surface area contributed by atoms with Crippen LogP contribution >= 0.6 is 0 Å². The highest BCUT2D eigenvalue weighted by Gasteiger charge is 2.28. The molecule has 0 radical (unpaired) electrons. The molecular formula is C11H11NO5. The van der Waals surface area contributed by atoms with Crippen LogP contribution < -0.4 is 14.5 Å². The minimum atomic E-state index is -0.575. The molecule has 0 saturated heterocycles. The second-order valence-corrected chi connectivity index (χ2v) is 3.39. The van der Waals surface area contributed by atoms with Gasteiger partial charge in [0.25, 0.3) is 5.91 Å². The summed E-state index contributed by atoms with van der Waals surface area (Å²) in [5, 5.41) is 0.920. The first-order valence-electron chi connectivity index (χ1n) is 4.94. The van der Waals surface area contributed by atoms with Crippen molar-refractivity contribution in [2.75, 3.05) is 18.8 Å². The second-order valence-electron chi connectivity index (χ2n) is 3.39. The van der Waals surface area contributed by atoms with E-state index in [-0.39, 0.29) is 6.61 Å². The Morgan fingerprint density at radius 3 is 2.88 bits per heavy atom. The molecule has 1 heterocycles. The number of rotatable bonds is 2. The molecule has 2 rings (SSSR count). The fraction of sp³-hybridized carbons (Fsp3) is 0.273. The summed E-state index contributed by atoms with van der Waals surface area (Å²) in [4.78, 5) is 27.3. The van der Waals surface area contributed by atoms with Gasteiger partial charge in [-0.05, 0) is 12.1 Å². The first kappa shape index (κ1) is 11.3. The fourth-order valence-corrected chi connectivity index (χ4v) is 1.47. The molecule has 90 valence electrons. The van der Waals surface area contributed by atoms with Gasteiger partial charge in [-0.3, -0.25) is 4.79 Å². The summed E-state index contributed by atoms with van der Waals surface area (Å²) in [6, 6.07) is 4.91. The summed E-state index contributed by atoms with van der Waals surface area (Å²) in [7, 11) is 1.50. The number of ether oxygens (including phenoxy) is 2. The van der Waals surface area contributed by atoms with Gasteiger partial charge in [-0.1, -0.05) is 0 Å². The van der Waals surface area contributed by atoms with Crippen molar-refractivity contribution in [3.05, 3.63) is 18.2 Å². The van der Waals surface area contributed by atoms with E-state index in [1.807, 2.05) is 0 Å². The van der Waals surface area contributed by atoms with Gasteiger partial charge in [0.05, 0.1) is 7.11 Å². The number of carbonyl (C=O) groups excluding carboxylic acids is 2. The molecule has 1 aromatic carbocycles. The number of benzene rings is 1. The molecule has 0 bridgehead atoms. The van der Waals surface area contributed by atoms with Crippen LogP contribution in [-0.2, 0) is 14.4 Å². The van der Waals surface area contributed by atoms with Gasteiger partial charge < -0.3 is 14.3 Å². The molecule has 0 atom stereocenters. The van der Waals surface area contributed by atoms with Crippen LogP contribution in [0.4, 0.5) is 5.69 Å². The monoisotopic (exact) mass is 237 g/mol. The van der Waals surface area contributed by atoms with Crippen LogP contribution in [0.1, 0.15) is 6.92 Å². The molecule has 0 N–H and O–H groups in total. The first-order chi connectivity index (χ1) is 8.11. The van der Waals surface area contributed by atoms with Gasteiger partial charge in [0.1, 0.15) is 17.2 Å². The van der Waals surface area contributed by atoms with Crippen LogP contribution in [0.2, 0.25) is 0 Å². The van der Waals surface area contributed by atoms with Crippen molar-refractivity contribution in [2.45, 2.75) is 6.92 Å². The number of methoxy groups -OCH3 is 1. The molecule has 0 aliphatic carbocycles. The Kier molecular flexibility index (Phi) is 2.86. The zero-order valence-corrected chi connectivity index (χ0v) is 9.43. The average Bonchev–Trinajstić information content (AvgIpc) is 2.32. The van der Waals surface area contributed by atoms with Gasteiger partial charge in [-0.15, -0.1) is 5.06 Å². The summed E-state index contributed by atoms with van der Waals surface area (Å²) in [5.41, 5.74) is 0.357. The Morgan fingerprint density at radius 1 is 1.47 bits per heavy atom. The molecule has 0 fully saturated rings. The minimum absolute atomic E-state index is 0.160. The summed E-state index contributed by atoms with van der Waals surface area (Å²) in [5.74, 6) is -0.0131. The van der Waals surface area contributed by atoms with E-state index in [9.17, 15) is 9.59 Å². The Balaban J connectivity index is 2.41. The number of carbonyl (C=O) groups is 2. The molecule has 1 amide bonds. The van der Waals surface area contributed by atoms with Gasteiger partial charge >= 0.3 is 5.97 Å². The zero-order chi connectivity index (χ0) is 12.4. The minimum Gasteiger partial charge on any atom is -0.497 e. The van der Waals surface area contributed by atoms with Crippen molar-refractivity contribution in [1.29, 1.82) is 0 Å². The topological polar surface area (TPSA) is 65.1 Å². The van der Waals surface area contributed by atoms with E-state index in [0.29, 0.717) is 17.2 Å².